The van der Waals surface area contributed by atoms with Crippen LogP contribution in [0.2, 0.25) is 0 Å². The second-order valence-electron chi connectivity index (χ2n) is 5.59. The maximum atomic E-state index is 12.1. The minimum atomic E-state index is -0.463. The summed E-state index contributed by atoms with van der Waals surface area (Å²) in [6, 6.07) is 0.160. The Kier molecular flexibility index (Phi) is 3.40. The van der Waals surface area contributed by atoms with Crippen LogP contribution in [0.5, 0.6) is 0 Å². The Hall–Kier alpha value is -1.04. The van der Waals surface area contributed by atoms with E-state index in [0.29, 0.717) is 13.1 Å². The molecule has 0 radical (unpaired) electrons. The quantitative estimate of drug-likeness (QED) is 0.739. The normalized spacial score (nSPS) is 19.6. The molecule has 0 N–H and O–H groups in total. The fraction of sp³-hybridized carbons (Fsp3) is 0.667. The van der Waals surface area contributed by atoms with Crippen LogP contribution in [0.1, 0.15) is 39.4 Å². The Morgan fingerprint density at radius 2 is 2.22 bits per heavy atom. The molecule has 2 heterocycles. The summed E-state index contributed by atoms with van der Waals surface area (Å²) in [4.78, 5) is 13.8. The van der Waals surface area contributed by atoms with Crippen molar-refractivity contribution < 1.29 is 9.53 Å². The summed E-state index contributed by atoms with van der Waals surface area (Å²) in [5.41, 5.74) is 0.550. The molecule has 18 heavy (non-hydrogen) atoms. The lowest BCUT2D eigenvalue weighted by atomic mass is 10.2. The monoisotopic (exact) mass is 315 g/mol. The minimum absolute atomic E-state index is 0.160. The molecule has 0 saturated heterocycles. The summed E-state index contributed by atoms with van der Waals surface area (Å²) in [5.74, 6) is 0. The first-order chi connectivity index (χ1) is 8.28. The van der Waals surface area contributed by atoms with Gasteiger partial charge in [-0.2, -0.15) is 5.10 Å². The lowest BCUT2D eigenvalue weighted by Crippen LogP contribution is -2.43. The van der Waals surface area contributed by atoms with E-state index in [4.69, 9.17) is 4.74 Å². The summed E-state index contributed by atoms with van der Waals surface area (Å²) in [7, 11) is 0. The predicted octanol–water partition coefficient (Wildman–Crippen LogP) is 2.96. The zero-order valence-electron chi connectivity index (χ0n) is 11.1. The van der Waals surface area contributed by atoms with Crippen LogP contribution in [0, 0.1) is 0 Å². The Bertz CT molecular complexity index is 464. The van der Waals surface area contributed by atoms with E-state index >= 15 is 0 Å². The number of hydrogen-bond acceptors (Lipinski definition) is 3. The summed E-state index contributed by atoms with van der Waals surface area (Å²) in [6.45, 7) is 8.81. The van der Waals surface area contributed by atoms with Gasteiger partial charge in [-0.05, 0) is 43.6 Å². The minimum Gasteiger partial charge on any atom is -0.444 e. The van der Waals surface area contributed by atoms with Gasteiger partial charge in [0.1, 0.15) is 5.60 Å². The summed E-state index contributed by atoms with van der Waals surface area (Å²) >= 11 is 3.46. The highest BCUT2D eigenvalue weighted by Crippen LogP contribution is 2.27. The van der Waals surface area contributed by atoms with Crippen LogP contribution in [0.25, 0.3) is 0 Å². The molecule has 2 rings (SSSR count). The van der Waals surface area contributed by atoms with E-state index in [1.54, 1.807) is 11.1 Å². The highest BCUT2D eigenvalue weighted by atomic mass is 79.9. The van der Waals surface area contributed by atoms with Gasteiger partial charge in [-0.15, -0.1) is 0 Å². The van der Waals surface area contributed by atoms with Crippen LogP contribution in [0.15, 0.2) is 10.7 Å². The standard InChI is InChI=1S/C12H18BrN3O2/c1-8-6-15(11(17)18-12(2,3)4)7-10-9(13)5-14-16(8)10/h5,8H,6-7H2,1-4H3. The van der Waals surface area contributed by atoms with E-state index in [9.17, 15) is 4.79 Å². The van der Waals surface area contributed by atoms with E-state index < -0.39 is 5.60 Å². The van der Waals surface area contributed by atoms with Gasteiger partial charge < -0.3 is 9.64 Å². The number of carbonyl (C=O) groups excluding carboxylic acids is 1. The van der Waals surface area contributed by atoms with Crippen molar-refractivity contribution in [1.82, 2.24) is 14.7 Å². The van der Waals surface area contributed by atoms with Crippen molar-refractivity contribution in [3.05, 3.63) is 16.4 Å². The highest BCUT2D eigenvalue weighted by molar-refractivity contribution is 9.10. The topological polar surface area (TPSA) is 47.4 Å². The molecule has 1 unspecified atom stereocenters. The second-order valence-corrected chi connectivity index (χ2v) is 6.45. The third-order valence-corrected chi connectivity index (χ3v) is 3.40. The van der Waals surface area contributed by atoms with E-state index in [1.807, 2.05) is 32.4 Å². The summed E-state index contributed by atoms with van der Waals surface area (Å²) in [5, 5.41) is 4.30. The van der Waals surface area contributed by atoms with Crippen LogP contribution in [0.3, 0.4) is 0 Å². The molecule has 100 valence electrons. The average Bonchev–Trinajstić information content (AvgIpc) is 2.58. The molecule has 0 bridgehead atoms. The average molecular weight is 316 g/mol. The van der Waals surface area contributed by atoms with Crippen molar-refractivity contribution >= 4 is 22.0 Å². The van der Waals surface area contributed by atoms with Crippen LogP contribution >= 0.6 is 15.9 Å². The van der Waals surface area contributed by atoms with Gasteiger partial charge in [0.25, 0.3) is 0 Å². The number of carbonyl (C=O) groups is 1. The largest absolute Gasteiger partial charge is 0.444 e. The van der Waals surface area contributed by atoms with Gasteiger partial charge in [-0.1, -0.05) is 0 Å². The molecule has 1 aromatic heterocycles. The number of nitrogens with zero attached hydrogens (tertiary/aromatic N) is 3. The smallest absolute Gasteiger partial charge is 0.410 e. The number of hydrogen-bond donors (Lipinski definition) is 0. The van der Waals surface area contributed by atoms with Crippen molar-refractivity contribution in [2.24, 2.45) is 0 Å². The Balaban J connectivity index is 2.15. The van der Waals surface area contributed by atoms with E-state index in [2.05, 4.69) is 21.0 Å². The van der Waals surface area contributed by atoms with E-state index in [-0.39, 0.29) is 12.1 Å². The number of rotatable bonds is 0. The van der Waals surface area contributed by atoms with Gasteiger partial charge in [0.15, 0.2) is 0 Å². The maximum Gasteiger partial charge on any atom is 0.410 e. The number of fused-ring (bicyclic) bond motifs is 1. The molecule has 0 spiro atoms. The van der Waals surface area contributed by atoms with E-state index in [0.717, 1.165) is 10.2 Å². The first-order valence-corrected chi connectivity index (χ1v) is 6.77. The zero-order chi connectivity index (χ0) is 13.5. The molecule has 1 aliphatic rings. The van der Waals surface area contributed by atoms with Crippen molar-refractivity contribution in [2.75, 3.05) is 6.54 Å². The molecule has 0 fully saturated rings. The van der Waals surface area contributed by atoms with Gasteiger partial charge in [0.2, 0.25) is 0 Å². The Morgan fingerprint density at radius 3 is 2.83 bits per heavy atom. The maximum absolute atomic E-state index is 12.1. The Labute approximate surface area is 115 Å². The Morgan fingerprint density at radius 1 is 1.56 bits per heavy atom. The predicted molar refractivity (Wildman–Crippen MR) is 71.3 cm³/mol. The fourth-order valence-electron chi connectivity index (χ4n) is 2.00. The zero-order valence-corrected chi connectivity index (χ0v) is 12.7. The molecular formula is C12H18BrN3O2. The van der Waals surface area contributed by atoms with Gasteiger partial charge in [-0.3, -0.25) is 4.68 Å². The SMILES string of the molecule is CC1CN(C(=O)OC(C)(C)C)Cc2c(Br)cnn21. The molecule has 0 aromatic carbocycles. The van der Waals surface area contributed by atoms with Crippen molar-refractivity contribution in [3.63, 3.8) is 0 Å². The number of amides is 1. The van der Waals surface area contributed by atoms with Gasteiger partial charge >= 0.3 is 6.09 Å². The van der Waals surface area contributed by atoms with Gasteiger partial charge in [0.05, 0.1) is 29.0 Å². The molecule has 5 nitrogen and oxygen atoms in total. The number of halogens is 1. The molecule has 1 aliphatic heterocycles. The van der Waals surface area contributed by atoms with Crippen LogP contribution in [-0.4, -0.2) is 32.9 Å². The molecule has 0 aliphatic carbocycles. The van der Waals surface area contributed by atoms with Crippen molar-refractivity contribution in [2.45, 2.75) is 45.9 Å². The first-order valence-electron chi connectivity index (χ1n) is 5.98. The van der Waals surface area contributed by atoms with Crippen LogP contribution in [0.4, 0.5) is 4.79 Å². The molecule has 1 atom stereocenters. The van der Waals surface area contributed by atoms with Crippen molar-refractivity contribution in [3.8, 4) is 0 Å². The first kappa shape index (κ1) is 13.4. The molecule has 1 amide bonds. The summed E-state index contributed by atoms with van der Waals surface area (Å²) < 4.78 is 8.28. The summed E-state index contributed by atoms with van der Waals surface area (Å²) in [6.07, 6.45) is 1.50. The lowest BCUT2D eigenvalue weighted by Gasteiger charge is -2.33. The molecular weight excluding hydrogens is 298 g/mol. The molecule has 1 aromatic rings. The number of aromatic nitrogens is 2. The van der Waals surface area contributed by atoms with Gasteiger partial charge in [0, 0.05) is 6.54 Å². The van der Waals surface area contributed by atoms with Crippen LogP contribution in [-0.2, 0) is 11.3 Å². The number of ether oxygens (including phenoxy) is 1. The van der Waals surface area contributed by atoms with Crippen molar-refractivity contribution in [1.29, 1.82) is 0 Å². The van der Waals surface area contributed by atoms with Gasteiger partial charge in [-0.25, -0.2) is 4.79 Å². The third kappa shape index (κ3) is 2.68. The molecule has 6 heteroatoms. The highest BCUT2D eigenvalue weighted by Gasteiger charge is 2.30. The third-order valence-electron chi connectivity index (χ3n) is 2.74. The van der Waals surface area contributed by atoms with E-state index in [1.165, 1.54) is 0 Å². The lowest BCUT2D eigenvalue weighted by molar-refractivity contribution is 0.0166. The molecule has 0 saturated carbocycles. The van der Waals surface area contributed by atoms with Crippen LogP contribution < -0.4 is 0 Å². The fourth-order valence-corrected chi connectivity index (χ4v) is 2.40. The second kappa shape index (κ2) is 4.57.